The van der Waals surface area contributed by atoms with Crippen LogP contribution in [0.3, 0.4) is 0 Å². The van der Waals surface area contributed by atoms with Crippen LogP contribution in [-0.4, -0.2) is 47.2 Å². The van der Waals surface area contributed by atoms with Gasteiger partial charge in [0.2, 0.25) is 5.91 Å². The summed E-state index contributed by atoms with van der Waals surface area (Å²) in [7, 11) is 1.71. The van der Waals surface area contributed by atoms with Gasteiger partial charge in [0.1, 0.15) is 4.99 Å². The zero-order chi connectivity index (χ0) is 17.1. The molecule has 0 atom stereocenters. The van der Waals surface area contributed by atoms with Crippen LogP contribution in [-0.2, 0) is 16.1 Å². The second kappa shape index (κ2) is 7.32. The van der Waals surface area contributed by atoms with Gasteiger partial charge in [-0.2, -0.15) is 0 Å². The summed E-state index contributed by atoms with van der Waals surface area (Å²) in [5.41, 5.74) is 7.66. The van der Waals surface area contributed by atoms with E-state index in [0.717, 1.165) is 48.4 Å². The summed E-state index contributed by atoms with van der Waals surface area (Å²) in [4.78, 5) is 14.4. The van der Waals surface area contributed by atoms with Crippen molar-refractivity contribution in [2.75, 3.05) is 26.8 Å². The predicted molar refractivity (Wildman–Crippen MR) is 99.0 cm³/mol. The zero-order valence-corrected chi connectivity index (χ0v) is 14.7. The van der Waals surface area contributed by atoms with Crippen molar-refractivity contribution in [3.63, 3.8) is 0 Å². The fraction of sp³-hybridized carbons (Fsp3) is 0.444. The molecule has 2 N–H and O–H groups in total. The number of thiocarbonyl (C=S) groups is 1. The minimum absolute atomic E-state index is 0.0212. The smallest absolute Gasteiger partial charge is 0.220 e. The van der Waals surface area contributed by atoms with Crippen LogP contribution in [0.1, 0.15) is 18.4 Å². The first kappa shape index (κ1) is 16.9. The number of amides is 1. The van der Waals surface area contributed by atoms with E-state index in [4.69, 9.17) is 22.7 Å². The van der Waals surface area contributed by atoms with Crippen molar-refractivity contribution in [1.29, 1.82) is 0 Å². The monoisotopic (exact) mass is 345 g/mol. The van der Waals surface area contributed by atoms with Gasteiger partial charge in [0.25, 0.3) is 0 Å². The van der Waals surface area contributed by atoms with Gasteiger partial charge in [-0.1, -0.05) is 30.4 Å². The highest BCUT2D eigenvalue weighted by atomic mass is 32.1. The first-order chi connectivity index (χ1) is 11.6. The number of hydrogen-bond acceptors (Lipinski definition) is 3. The minimum atomic E-state index is -0.197. The van der Waals surface area contributed by atoms with Crippen LogP contribution in [0, 0.1) is 5.92 Å². The number of likely N-dealkylation sites (tertiary alicyclic amines) is 1. The summed E-state index contributed by atoms with van der Waals surface area (Å²) >= 11 is 5.76. The van der Waals surface area contributed by atoms with Crippen LogP contribution in [0.5, 0.6) is 0 Å². The predicted octanol–water partition coefficient (Wildman–Crippen LogP) is 2.16. The Morgan fingerprint density at radius 2 is 2.04 bits per heavy atom. The van der Waals surface area contributed by atoms with Gasteiger partial charge < -0.3 is 19.9 Å². The standard InChI is InChI=1S/C18H23N3O2S/c1-23-11-10-21-12-15(14-4-2-3-5-16(14)21)18(24)20-8-6-13(7-9-20)17(19)22/h2-5,12-13H,6-11H2,1H3,(H2,19,22). The number of primary amides is 1. The molecule has 1 aliphatic heterocycles. The molecule has 3 rings (SSSR count). The summed E-state index contributed by atoms with van der Waals surface area (Å²) < 4.78 is 7.40. The number of rotatable bonds is 5. The Balaban J connectivity index is 1.84. The van der Waals surface area contributed by atoms with Crippen molar-refractivity contribution in [2.24, 2.45) is 11.7 Å². The number of methoxy groups -OCH3 is 1. The lowest BCUT2D eigenvalue weighted by Gasteiger charge is -2.32. The lowest BCUT2D eigenvalue weighted by atomic mass is 9.96. The van der Waals surface area contributed by atoms with Gasteiger partial charge in [-0.3, -0.25) is 4.79 Å². The van der Waals surface area contributed by atoms with Crippen LogP contribution in [0.15, 0.2) is 30.5 Å². The maximum atomic E-state index is 11.3. The number of ether oxygens (including phenoxy) is 1. The van der Waals surface area contributed by atoms with E-state index in [9.17, 15) is 4.79 Å². The van der Waals surface area contributed by atoms with Gasteiger partial charge in [0, 0.05) is 55.3 Å². The number of benzene rings is 1. The SMILES string of the molecule is COCCn1cc(C(=S)N2CCC(C(N)=O)CC2)c2ccccc21. The molecule has 0 bridgehead atoms. The van der Waals surface area contributed by atoms with Gasteiger partial charge in [-0.05, 0) is 18.9 Å². The maximum absolute atomic E-state index is 11.3. The third-order valence-electron chi connectivity index (χ3n) is 4.74. The van der Waals surface area contributed by atoms with Crippen LogP contribution < -0.4 is 5.73 Å². The molecule has 5 nitrogen and oxygen atoms in total. The van der Waals surface area contributed by atoms with E-state index >= 15 is 0 Å². The van der Waals surface area contributed by atoms with Gasteiger partial charge in [0.05, 0.1) is 6.61 Å². The van der Waals surface area contributed by atoms with Crippen molar-refractivity contribution < 1.29 is 9.53 Å². The van der Waals surface area contributed by atoms with Crippen LogP contribution in [0.2, 0.25) is 0 Å². The number of nitrogens with two attached hydrogens (primary N) is 1. The highest BCUT2D eigenvalue weighted by molar-refractivity contribution is 7.80. The fourth-order valence-electron chi connectivity index (χ4n) is 3.33. The van der Waals surface area contributed by atoms with E-state index in [-0.39, 0.29) is 11.8 Å². The molecule has 1 amide bonds. The molecule has 2 aromatic rings. The van der Waals surface area contributed by atoms with Crippen LogP contribution in [0.4, 0.5) is 0 Å². The average Bonchev–Trinajstić information content (AvgIpc) is 2.98. The molecule has 24 heavy (non-hydrogen) atoms. The molecule has 0 unspecified atom stereocenters. The van der Waals surface area contributed by atoms with Gasteiger partial charge in [0.15, 0.2) is 0 Å². The third kappa shape index (κ3) is 3.30. The van der Waals surface area contributed by atoms with Gasteiger partial charge in [-0.25, -0.2) is 0 Å². The van der Waals surface area contributed by atoms with Crippen molar-refractivity contribution in [2.45, 2.75) is 19.4 Å². The maximum Gasteiger partial charge on any atom is 0.220 e. The Morgan fingerprint density at radius 1 is 1.33 bits per heavy atom. The second-order valence-corrected chi connectivity index (χ2v) is 6.60. The number of piperidine rings is 1. The summed E-state index contributed by atoms with van der Waals surface area (Å²) in [5, 5.41) is 1.16. The highest BCUT2D eigenvalue weighted by Crippen LogP contribution is 2.26. The molecule has 0 saturated carbocycles. The molecule has 1 fully saturated rings. The fourth-order valence-corrected chi connectivity index (χ4v) is 3.67. The van der Waals surface area contributed by atoms with Gasteiger partial charge in [-0.15, -0.1) is 0 Å². The van der Waals surface area contributed by atoms with E-state index in [1.165, 1.54) is 5.52 Å². The Hall–Kier alpha value is -1.92. The Morgan fingerprint density at radius 3 is 2.71 bits per heavy atom. The molecule has 128 valence electrons. The molecule has 1 aromatic carbocycles. The van der Waals surface area contributed by atoms with Crippen molar-refractivity contribution in [3.8, 4) is 0 Å². The summed E-state index contributed by atoms with van der Waals surface area (Å²) in [5.74, 6) is -0.219. The van der Waals surface area contributed by atoms with Crippen molar-refractivity contribution >= 4 is 34.0 Å². The average molecular weight is 345 g/mol. The minimum Gasteiger partial charge on any atom is -0.383 e. The van der Waals surface area contributed by atoms with E-state index in [0.29, 0.717) is 6.61 Å². The zero-order valence-electron chi connectivity index (χ0n) is 13.9. The summed E-state index contributed by atoms with van der Waals surface area (Å²) in [6, 6.07) is 8.29. The number of para-hydroxylation sites is 1. The summed E-state index contributed by atoms with van der Waals surface area (Å²) in [6.45, 7) is 3.02. The van der Waals surface area contributed by atoms with Crippen molar-refractivity contribution in [1.82, 2.24) is 9.47 Å². The molecule has 6 heteroatoms. The van der Waals surface area contributed by atoms with E-state index in [1.807, 2.05) is 12.1 Å². The number of carbonyl (C=O) groups is 1. The number of carbonyl (C=O) groups excluding carboxylic acids is 1. The Labute approximate surface area is 147 Å². The lowest BCUT2D eigenvalue weighted by Crippen LogP contribution is -2.41. The van der Waals surface area contributed by atoms with E-state index in [1.54, 1.807) is 7.11 Å². The van der Waals surface area contributed by atoms with Crippen LogP contribution >= 0.6 is 12.2 Å². The summed E-state index contributed by atoms with van der Waals surface area (Å²) in [6.07, 6.45) is 3.67. The number of aromatic nitrogens is 1. The second-order valence-electron chi connectivity index (χ2n) is 6.21. The third-order valence-corrected chi connectivity index (χ3v) is 5.22. The molecular formula is C18H23N3O2S. The number of hydrogen-bond donors (Lipinski definition) is 1. The van der Waals surface area contributed by atoms with E-state index in [2.05, 4.69) is 27.8 Å². The first-order valence-corrected chi connectivity index (χ1v) is 8.68. The quantitative estimate of drug-likeness (QED) is 0.844. The molecule has 1 aromatic heterocycles. The molecular weight excluding hydrogens is 322 g/mol. The number of fused-ring (bicyclic) bond motifs is 1. The van der Waals surface area contributed by atoms with Crippen molar-refractivity contribution in [3.05, 3.63) is 36.0 Å². The van der Waals surface area contributed by atoms with E-state index < -0.39 is 0 Å². The topological polar surface area (TPSA) is 60.5 Å². The largest absolute Gasteiger partial charge is 0.383 e. The molecule has 0 aliphatic carbocycles. The van der Waals surface area contributed by atoms with Gasteiger partial charge >= 0.3 is 0 Å². The lowest BCUT2D eigenvalue weighted by molar-refractivity contribution is -0.122. The Kier molecular flexibility index (Phi) is 5.16. The molecule has 0 radical (unpaired) electrons. The normalized spacial score (nSPS) is 15.8. The molecule has 1 aliphatic rings. The molecule has 2 heterocycles. The van der Waals surface area contributed by atoms with Crippen LogP contribution in [0.25, 0.3) is 10.9 Å². The number of nitrogens with zero attached hydrogens (tertiary/aromatic N) is 2. The molecule has 1 saturated heterocycles. The Bertz CT molecular complexity index is 748. The highest BCUT2D eigenvalue weighted by Gasteiger charge is 2.26. The first-order valence-electron chi connectivity index (χ1n) is 8.27. The molecule has 0 spiro atoms.